The van der Waals surface area contributed by atoms with Gasteiger partial charge in [0.15, 0.2) is 0 Å². The molecule has 1 aliphatic rings. The first-order valence-corrected chi connectivity index (χ1v) is 11.5. The fourth-order valence-electron chi connectivity index (χ4n) is 4.14. The van der Waals surface area contributed by atoms with E-state index in [-0.39, 0.29) is 12.1 Å². The molecule has 4 aromatic rings. The first-order chi connectivity index (χ1) is 17.5. The normalized spacial score (nSPS) is 13.1. The molecule has 1 aliphatic heterocycles. The van der Waals surface area contributed by atoms with E-state index in [1.165, 1.54) is 0 Å². The van der Waals surface area contributed by atoms with Crippen LogP contribution < -0.4 is 20.3 Å². The summed E-state index contributed by atoms with van der Waals surface area (Å²) in [5, 5.41) is 15.2. The van der Waals surface area contributed by atoms with Crippen LogP contribution in [0, 0.1) is 0 Å². The highest BCUT2D eigenvalue weighted by Crippen LogP contribution is 2.31. The molecule has 3 N–H and O–H groups in total. The van der Waals surface area contributed by atoms with Gasteiger partial charge in [0.2, 0.25) is 0 Å². The van der Waals surface area contributed by atoms with Gasteiger partial charge >= 0.3 is 12.0 Å². The number of carbonyl (C=O) groups is 2. The van der Waals surface area contributed by atoms with Crippen molar-refractivity contribution in [3.8, 4) is 5.75 Å². The van der Waals surface area contributed by atoms with Gasteiger partial charge < -0.3 is 29.9 Å². The lowest BCUT2D eigenvalue weighted by Crippen LogP contribution is -2.54. The molecule has 2 aromatic carbocycles. The molecule has 9 heteroatoms. The molecular weight excluding hydrogens is 458 g/mol. The van der Waals surface area contributed by atoms with Gasteiger partial charge in [-0.3, -0.25) is 4.98 Å². The molecule has 2 amide bonds. The minimum absolute atomic E-state index is 0.0226. The van der Waals surface area contributed by atoms with Crippen molar-refractivity contribution in [3.05, 3.63) is 103 Å². The van der Waals surface area contributed by atoms with E-state index in [1.54, 1.807) is 48.8 Å². The smallest absolute Gasteiger partial charge is 0.336 e. The van der Waals surface area contributed by atoms with Crippen molar-refractivity contribution in [1.29, 1.82) is 0 Å². The zero-order chi connectivity index (χ0) is 24.9. The van der Waals surface area contributed by atoms with Gasteiger partial charge in [0.05, 0.1) is 30.5 Å². The number of carboxylic acid groups (broad SMARTS) is 1. The number of aromatic carboxylic acids is 1. The Balaban J connectivity index is 1.18. The number of pyridine rings is 1. The van der Waals surface area contributed by atoms with Crippen LogP contribution in [0.4, 0.5) is 21.9 Å². The number of amides is 2. The van der Waals surface area contributed by atoms with Gasteiger partial charge in [-0.05, 0) is 60.7 Å². The first-order valence-electron chi connectivity index (χ1n) is 11.5. The number of anilines is 3. The van der Waals surface area contributed by atoms with E-state index in [2.05, 4.69) is 20.5 Å². The number of urea groups is 1. The number of benzene rings is 2. The minimum Gasteiger partial charge on any atom is -0.487 e. The molecule has 0 bridgehead atoms. The topological polar surface area (TPSA) is 109 Å². The predicted molar refractivity (Wildman–Crippen MR) is 137 cm³/mol. The summed E-state index contributed by atoms with van der Waals surface area (Å²) >= 11 is 0. The van der Waals surface area contributed by atoms with Crippen molar-refractivity contribution in [2.75, 3.05) is 28.6 Å². The number of carboxylic acids is 1. The van der Waals surface area contributed by atoms with E-state index in [9.17, 15) is 14.7 Å². The fraction of sp³-hybridized carbons (Fsp3) is 0.148. The van der Waals surface area contributed by atoms with Gasteiger partial charge in [-0.15, -0.1) is 0 Å². The number of carbonyl (C=O) groups excluding carboxylic acids is 1. The average molecular weight is 484 g/mol. The minimum atomic E-state index is -0.935. The zero-order valence-corrected chi connectivity index (χ0v) is 19.4. The first kappa shape index (κ1) is 23.0. The molecule has 1 fully saturated rings. The van der Waals surface area contributed by atoms with Crippen LogP contribution in [0.2, 0.25) is 0 Å². The highest BCUT2D eigenvalue weighted by atomic mass is 16.5. The summed E-state index contributed by atoms with van der Waals surface area (Å²) in [7, 11) is 0. The third-order valence-corrected chi connectivity index (χ3v) is 5.91. The Kier molecular flexibility index (Phi) is 6.53. The molecule has 2 aromatic heterocycles. The van der Waals surface area contributed by atoms with Crippen LogP contribution in [-0.2, 0) is 6.54 Å². The summed E-state index contributed by atoms with van der Waals surface area (Å²) in [4.78, 5) is 30.1. The summed E-state index contributed by atoms with van der Waals surface area (Å²) in [5.74, 6) is -0.236. The zero-order valence-electron chi connectivity index (χ0n) is 19.4. The van der Waals surface area contributed by atoms with E-state index in [1.807, 2.05) is 47.3 Å². The molecule has 0 aliphatic carbocycles. The highest BCUT2D eigenvalue weighted by Gasteiger charge is 2.31. The molecule has 182 valence electrons. The third-order valence-electron chi connectivity index (χ3n) is 5.91. The van der Waals surface area contributed by atoms with Gasteiger partial charge in [0.1, 0.15) is 11.9 Å². The second-order valence-corrected chi connectivity index (χ2v) is 8.45. The van der Waals surface area contributed by atoms with Gasteiger partial charge in [0.25, 0.3) is 0 Å². The average Bonchev–Trinajstić information content (AvgIpc) is 3.36. The fourth-order valence-corrected chi connectivity index (χ4v) is 4.14. The van der Waals surface area contributed by atoms with Crippen molar-refractivity contribution in [2.45, 2.75) is 12.6 Å². The Hall–Kier alpha value is -4.79. The van der Waals surface area contributed by atoms with Crippen molar-refractivity contribution in [2.24, 2.45) is 0 Å². The van der Waals surface area contributed by atoms with Crippen LogP contribution in [-0.4, -0.2) is 45.9 Å². The lowest BCUT2D eigenvalue weighted by atomic mass is 10.0. The van der Waals surface area contributed by atoms with Gasteiger partial charge in [-0.25, -0.2) is 9.59 Å². The van der Waals surface area contributed by atoms with Crippen molar-refractivity contribution in [3.63, 3.8) is 0 Å². The Labute approximate surface area is 208 Å². The van der Waals surface area contributed by atoms with Crippen molar-refractivity contribution in [1.82, 2.24) is 9.55 Å². The Morgan fingerprint density at radius 3 is 2.39 bits per heavy atom. The molecule has 0 saturated carbocycles. The van der Waals surface area contributed by atoms with Crippen LogP contribution >= 0.6 is 0 Å². The van der Waals surface area contributed by atoms with E-state index >= 15 is 0 Å². The molecule has 0 unspecified atom stereocenters. The standard InChI is InChI=1S/C27H25N5O4/c33-26(34)23-6-3-7-25(24(23)18-31-13-1-2-14-31)32-16-22(17-32)36-21-10-8-19(9-11-21)29-27(35)30-20-5-4-12-28-15-20/h1-15,22H,16-18H2,(H,33,34)(H2,29,30,35). The summed E-state index contributed by atoms with van der Waals surface area (Å²) < 4.78 is 8.05. The molecule has 1 saturated heterocycles. The quantitative estimate of drug-likeness (QED) is 0.340. The molecule has 0 radical (unpaired) electrons. The van der Waals surface area contributed by atoms with Gasteiger partial charge in [0, 0.05) is 42.1 Å². The van der Waals surface area contributed by atoms with Crippen LogP contribution in [0.3, 0.4) is 0 Å². The largest absolute Gasteiger partial charge is 0.487 e. The van der Waals surface area contributed by atoms with Crippen LogP contribution in [0.5, 0.6) is 5.75 Å². The lowest BCUT2D eigenvalue weighted by molar-refractivity contribution is 0.0695. The van der Waals surface area contributed by atoms with E-state index in [0.29, 0.717) is 42.3 Å². The second kappa shape index (κ2) is 10.2. The SMILES string of the molecule is O=C(Nc1ccc(OC2CN(c3cccc(C(=O)O)c3Cn3cccc3)C2)cc1)Nc1cccnc1. The molecular formula is C27H25N5O4. The number of aromatic nitrogens is 2. The number of nitrogens with zero attached hydrogens (tertiary/aromatic N) is 3. The maximum atomic E-state index is 12.1. The monoisotopic (exact) mass is 483 g/mol. The van der Waals surface area contributed by atoms with Gasteiger partial charge in [-0.2, -0.15) is 0 Å². The van der Waals surface area contributed by atoms with Crippen molar-refractivity contribution >= 4 is 29.1 Å². The lowest BCUT2D eigenvalue weighted by Gasteiger charge is -2.41. The van der Waals surface area contributed by atoms with Crippen LogP contribution in [0.1, 0.15) is 15.9 Å². The third kappa shape index (κ3) is 5.30. The van der Waals surface area contributed by atoms with Crippen molar-refractivity contribution < 1.29 is 19.4 Å². The second-order valence-electron chi connectivity index (χ2n) is 8.45. The molecule has 5 rings (SSSR count). The summed E-state index contributed by atoms with van der Waals surface area (Å²) in [6.45, 7) is 1.78. The predicted octanol–water partition coefficient (Wildman–Crippen LogP) is 4.54. The summed E-state index contributed by atoms with van der Waals surface area (Å²) in [5.41, 5.74) is 3.23. The highest BCUT2D eigenvalue weighted by molar-refractivity contribution is 5.99. The Morgan fingerprint density at radius 1 is 0.944 bits per heavy atom. The summed E-state index contributed by atoms with van der Waals surface area (Å²) in [6.07, 6.45) is 7.03. The molecule has 0 atom stereocenters. The number of ether oxygens (including phenoxy) is 1. The molecule has 3 heterocycles. The number of rotatable bonds is 8. The molecule has 0 spiro atoms. The van der Waals surface area contributed by atoms with E-state index in [0.717, 1.165) is 11.3 Å². The van der Waals surface area contributed by atoms with E-state index < -0.39 is 5.97 Å². The van der Waals surface area contributed by atoms with Crippen LogP contribution in [0.15, 0.2) is 91.5 Å². The maximum absolute atomic E-state index is 12.1. The number of hydrogen-bond acceptors (Lipinski definition) is 5. The number of nitrogens with one attached hydrogen (secondary N) is 2. The van der Waals surface area contributed by atoms with Crippen LogP contribution in [0.25, 0.3) is 0 Å². The summed E-state index contributed by atoms with van der Waals surface area (Å²) in [6, 6.07) is 19.5. The molecule has 36 heavy (non-hydrogen) atoms. The Bertz CT molecular complexity index is 1330. The molecule has 9 nitrogen and oxygen atoms in total. The van der Waals surface area contributed by atoms with Gasteiger partial charge in [-0.1, -0.05) is 6.07 Å². The Morgan fingerprint density at radius 2 is 1.69 bits per heavy atom. The van der Waals surface area contributed by atoms with E-state index in [4.69, 9.17) is 4.74 Å². The number of hydrogen-bond donors (Lipinski definition) is 3. The maximum Gasteiger partial charge on any atom is 0.336 e.